The fraction of sp³-hybridized carbons (Fsp3) is 0.500. The molecule has 2 N–H and O–H groups in total. The average molecular weight is 299 g/mol. The largest absolute Gasteiger partial charge is 0.480 e. The molecule has 0 saturated carbocycles. The number of rotatable bonds is 6. The minimum Gasteiger partial charge on any atom is -0.480 e. The van der Waals surface area contributed by atoms with Crippen LogP contribution in [-0.2, 0) is 21.2 Å². The number of nitrogens with one attached hydrogen (secondary N) is 1. The Kier molecular flexibility index (Phi) is 5.30. The zero-order chi connectivity index (χ0) is 15.4. The summed E-state index contributed by atoms with van der Waals surface area (Å²) in [7, 11) is -3.68. The van der Waals surface area contributed by atoms with E-state index in [-0.39, 0.29) is 6.42 Å². The molecule has 0 saturated heterocycles. The van der Waals surface area contributed by atoms with E-state index in [2.05, 4.69) is 4.72 Å². The Bertz CT molecular complexity index is 546. The SMILES string of the molecule is CC(C)(C)S(=O)(=O)N[C@@H](CCc1ccccc1)C(=O)O. The summed E-state index contributed by atoms with van der Waals surface area (Å²) in [5.41, 5.74) is 0.980. The number of aryl methyl sites for hydroxylation is 1. The maximum atomic E-state index is 12.0. The van der Waals surface area contributed by atoms with E-state index in [1.165, 1.54) is 20.8 Å². The Labute approximate surface area is 120 Å². The topological polar surface area (TPSA) is 83.5 Å². The summed E-state index contributed by atoms with van der Waals surface area (Å²) in [5.74, 6) is -1.16. The third-order valence-corrected chi connectivity index (χ3v) is 5.17. The molecule has 1 aromatic carbocycles. The normalized spacial score (nSPS) is 13.9. The summed E-state index contributed by atoms with van der Waals surface area (Å²) in [6.07, 6.45) is 0.721. The van der Waals surface area contributed by atoms with Crippen molar-refractivity contribution >= 4 is 16.0 Å². The van der Waals surface area contributed by atoms with Crippen LogP contribution in [0.15, 0.2) is 30.3 Å². The van der Waals surface area contributed by atoms with Crippen LogP contribution in [0.4, 0.5) is 0 Å². The molecule has 5 nitrogen and oxygen atoms in total. The van der Waals surface area contributed by atoms with Crippen LogP contribution >= 0.6 is 0 Å². The molecule has 112 valence electrons. The number of hydrogen-bond acceptors (Lipinski definition) is 3. The Morgan fingerprint density at radius 2 is 1.80 bits per heavy atom. The fourth-order valence-electron chi connectivity index (χ4n) is 1.55. The van der Waals surface area contributed by atoms with Crippen molar-refractivity contribution < 1.29 is 18.3 Å². The van der Waals surface area contributed by atoms with E-state index in [4.69, 9.17) is 5.11 Å². The van der Waals surface area contributed by atoms with Crippen molar-refractivity contribution in [2.75, 3.05) is 0 Å². The quantitative estimate of drug-likeness (QED) is 0.839. The van der Waals surface area contributed by atoms with Gasteiger partial charge >= 0.3 is 5.97 Å². The molecule has 0 bridgehead atoms. The number of carboxylic acid groups (broad SMARTS) is 1. The summed E-state index contributed by atoms with van der Waals surface area (Å²) < 4.78 is 25.2. The monoisotopic (exact) mass is 299 g/mol. The van der Waals surface area contributed by atoms with Crippen LogP contribution in [0.3, 0.4) is 0 Å². The van der Waals surface area contributed by atoms with Crippen molar-refractivity contribution in [1.29, 1.82) is 0 Å². The van der Waals surface area contributed by atoms with Crippen LogP contribution in [0.1, 0.15) is 32.8 Å². The maximum absolute atomic E-state index is 12.0. The van der Waals surface area contributed by atoms with E-state index in [1.54, 1.807) is 0 Å². The average Bonchev–Trinajstić information content (AvgIpc) is 2.34. The van der Waals surface area contributed by atoms with E-state index in [1.807, 2.05) is 30.3 Å². The molecule has 20 heavy (non-hydrogen) atoms. The van der Waals surface area contributed by atoms with Gasteiger partial charge in [-0.25, -0.2) is 13.1 Å². The molecule has 0 heterocycles. The van der Waals surface area contributed by atoms with Crippen LogP contribution in [-0.4, -0.2) is 30.3 Å². The van der Waals surface area contributed by atoms with Gasteiger partial charge in [0, 0.05) is 0 Å². The summed E-state index contributed by atoms with van der Waals surface area (Å²) in [6, 6.07) is 8.27. The summed E-state index contributed by atoms with van der Waals surface area (Å²) >= 11 is 0. The lowest BCUT2D eigenvalue weighted by Gasteiger charge is -2.23. The van der Waals surface area contributed by atoms with Gasteiger partial charge < -0.3 is 5.11 Å². The zero-order valence-corrected chi connectivity index (χ0v) is 12.8. The zero-order valence-electron chi connectivity index (χ0n) is 12.0. The van der Waals surface area contributed by atoms with Gasteiger partial charge in [0.1, 0.15) is 6.04 Å². The van der Waals surface area contributed by atoms with Gasteiger partial charge in [-0.3, -0.25) is 4.79 Å². The first kappa shape index (κ1) is 16.7. The number of carboxylic acids is 1. The highest BCUT2D eigenvalue weighted by Crippen LogP contribution is 2.15. The first-order chi connectivity index (χ1) is 9.13. The number of benzene rings is 1. The molecule has 0 aromatic heterocycles. The van der Waals surface area contributed by atoms with E-state index in [0.717, 1.165) is 5.56 Å². The number of aliphatic carboxylic acids is 1. The Balaban J connectivity index is 2.74. The van der Waals surface area contributed by atoms with Gasteiger partial charge in [0.05, 0.1) is 4.75 Å². The molecule has 0 aliphatic carbocycles. The fourth-order valence-corrected chi connectivity index (χ4v) is 2.50. The van der Waals surface area contributed by atoms with Gasteiger partial charge in [-0.15, -0.1) is 0 Å². The highest BCUT2D eigenvalue weighted by molar-refractivity contribution is 7.90. The van der Waals surface area contributed by atoms with Crippen molar-refractivity contribution in [3.8, 4) is 0 Å². The Morgan fingerprint density at radius 3 is 2.25 bits per heavy atom. The van der Waals surface area contributed by atoms with Crippen LogP contribution in [0.25, 0.3) is 0 Å². The molecule has 0 aliphatic heterocycles. The highest BCUT2D eigenvalue weighted by Gasteiger charge is 2.33. The van der Waals surface area contributed by atoms with Crippen molar-refractivity contribution in [3.63, 3.8) is 0 Å². The molecular weight excluding hydrogens is 278 g/mol. The van der Waals surface area contributed by atoms with Crippen molar-refractivity contribution in [2.24, 2.45) is 0 Å². The standard InChI is InChI=1S/C14H21NO4S/c1-14(2,3)20(18,19)15-12(13(16)17)10-9-11-7-5-4-6-8-11/h4-8,12,15H,9-10H2,1-3H3,(H,16,17)/t12-/m0/s1. The molecule has 0 fully saturated rings. The number of hydrogen-bond donors (Lipinski definition) is 2. The Morgan fingerprint density at radius 1 is 1.25 bits per heavy atom. The summed E-state index contributed by atoms with van der Waals surface area (Å²) in [4.78, 5) is 11.2. The van der Waals surface area contributed by atoms with Crippen molar-refractivity contribution in [1.82, 2.24) is 4.72 Å². The van der Waals surface area contributed by atoms with Gasteiger partial charge in [0.2, 0.25) is 10.0 Å². The predicted molar refractivity (Wildman–Crippen MR) is 78.0 cm³/mol. The molecule has 0 radical (unpaired) electrons. The first-order valence-corrected chi connectivity index (χ1v) is 7.90. The molecule has 0 spiro atoms. The molecule has 1 aromatic rings. The molecule has 0 aliphatic rings. The van der Waals surface area contributed by atoms with E-state index in [9.17, 15) is 13.2 Å². The maximum Gasteiger partial charge on any atom is 0.321 e. The van der Waals surface area contributed by atoms with Gasteiger partial charge in [0.15, 0.2) is 0 Å². The second-order valence-electron chi connectivity index (χ2n) is 5.65. The lowest BCUT2D eigenvalue weighted by Crippen LogP contribution is -2.48. The summed E-state index contributed by atoms with van der Waals surface area (Å²) in [6.45, 7) is 4.60. The second kappa shape index (κ2) is 6.37. The van der Waals surface area contributed by atoms with Crippen LogP contribution in [0.2, 0.25) is 0 Å². The third-order valence-electron chi connectivity index (χ3n) is 2.97. The molecule has 0 unspecified atom stereocenters. The molecular formula is C14H21NO4S. The van der Waals surface area contributed by atoms with Gasteiger partial charge in [-0.2, -0.15) is 0 Å². The van der Waals surface area contributed by atoms with E-state index in [0.29, 0.717) is 6.42 Å². The predicted octanol–water partition coefficient (Wildman–Crippen LogP) is 1.79. The number of sulfonamides is 1. The smallest absolute Gasteiger partial charge is 0.321 e. The minimum absolute atomic E-state index is 0.217. The van der Waals surface area contributed by atoms with Crippen LogP contribution in [0, 0.1) is 0 Å². The van der Waals surface area contributed by atoms with Gasteiger partial charge in [-0.1, -0.05) is 30.3 Å². The van der Waals surface area contributed by atoms with Gasteiger partial charge in [-0.05, 0) is 39.2 Å². The van der Waals surface area contributed by atoms with Crippen LogP contribution in [0.5, 0.6) is 0 Å². The Hall–Kier alpha value is -1.40. The van der Waals surface area contributed by atoms with Crippen LogP contribution < -0.4 is 4.72 Å². The van der Waals surface area contributed by atoms with Crippen molar-refractivity contribution in [3.05, 3.63) is 35.9 Å². The lowest BCUT2D eigenvalue weighted by atomic mass is 10.1. The molecule has 1 rings (SSSR count). The molecule has 0 amide bonds. The second-order valence-corrected chi connectivity index (χ2v) is 8.12. The van der Waals surface area contributed by atoms with E-state index < -0.39 is 26.8 Å². The minimum atomic E-state index is -3.68. The summed E-state index contributed by atoms with van der Waals surface area (Å²) in [5, 5.41) is 9.15. The van der Waals surface area contributed by atoms with Gasteiger partial charge in [0.25, 0.3) is 0 Å². The van der Waals surface area contributed by atoms with E-state index >= 15 is 0 Å². The molecule has 6 heteroatoms. The van der Waals surface area contributed by atoms with Crippen molar-refractivity contribution in [2.45, 2.75) is 44.4 Å². The molecule has 1 atom stereocenters. The third kappa shape index (κ3) is 4.61. The lowest BCUT2D eigenvalue weighted by molar-refractivity contribution is -0.139. The first-order valence-electron chi connectivity index (χ1n) is 6.42. The number of carbonyl (C=O) groups is 1. The highest BCUT2D eigenvalue weighted by atomic mass is 32.2.